The van der Waals surface area contributed by atoms with Crippen molar-refractivity contribution in [2.45, 2.75) is 31.2 Å². The van der Waals surface area contributed by atoms with E-state index in [1.165, 1.54) is 0 Å². The van der Waals surface area contributed by atoms with Crippen molar-refractivity contribution >= 4 is 9.84 Å². The third-order valence-corrected chi connectivity index (χ3v) is 5.74. The van der Waals surface area contributed by atoms with Crippen LogP contribution in [0.4, 0.5) is 0 Å². The van der Waals surface area contributed by atoms with E-state index in [1.807, 2.05) is 0 Å². The molecular weight excluding hydrogens is 290 g/mol. The predicted octanol–water partition coefficient (Wildman–Crippen LogP) is 1.87. The Morgan fingerprint density at radius 3 is 2.52 bits per heavy atom. The van der Waals surface area contributed by atoms with Gasteiger partial charge in [0, 0.05) is 12.1 Å². The molecular formula is C15H23NO4S. The third-order valence-electron chi connectivity index (χ3n) is 3.97. The van der Waals surface area contributed by atoms with E-state index in [1.54, 1.807) is 25.2 Å². The van der Waals surface area contributed by atoms with Gasteiger partial charge in [0.15, 0.2) is 21.3 Å². The molecule has 1 aromatic rings. The maximum atomic E-state index is 12.6. The first-order valence-corrected chi connectivity index (χ1v) is 8.92. The van der Waals surface area contributed by atoms with Gasteiger partial charge in [-0.3, -0.25) is 0 Å². The molecule has 0 fully saturated rings. The first-order chi connectivity index (χ1) is 9.97. The topological polar surface area (TPSA) is 64.6 Å². The van der Waals surface area contributed by atoms with Gasteiger partial charge in [-0.15, -0.1) is 0 Å². The summed E-state index contributed by atoms with van der Waals surface area (Å²) < 4.78 is 36.0. The van der Waals surface area contributed by atoms with Gasteiger partial charge < -0.3 is 14.8 Å². The highest BCUT2D eigenvalue weighted by atomic mass is 32.2. The van der Waals surface area contributed by atoms with E-state index in [9.17, 15) is 8.42 Å². The first kappa shape index (κ1) is 16.1. The highest BCUT2D eigenvalue weighted by molar-refractivity contribution is 7.91. The summed E-state index contributed by atoms with van der Waals surface area (Å²) in [6, 6.07) is 4.76. The molecule has 1 heterocycles. The Kier molecular flexibility index (Phi) is 5.11. The second kappa shape index (κ2) is 6.66. The molecule has 1 aliphatic heterocycles. The van der Waals surface area contributed by atoms with Crippen molar-refractivity contribution in [1.29, 1.82) is 0 Å². The van der Waals surface area contributed by atoms with Crippen molar-refractivity contribution < 1.29 is 17.9 Å². The highest BCUT2D eigenvalue weighted by Crippen LogP contribution is 2.32. The number of benzene rings is 1. The van der Waals surface area contributed by atoms with Gasteiger partial charge in [0.1, 0.15) is 13.2 Å². The van der Waals surface area contributed by atoms with Crippen LogP contribution in [0.3, 0.4) is 0 Å². The fraction of sp³-hybridized carbons (Fsp3) is 0.600. The van der Waals surface area contributed by atoms with Gasteiger partial charge in [0.2, 0.25) is 0 Å². The van der Waals surface area contributed by atoms with Crippen LogP contribution in [0, 0.1) is 5.92 Å². The minimum atomic E-state index is -3.36. The van der Waals surface area contributed by atoms with Gasteiger partial charge >= 0.3 is 0 Å². The molecule has 0 aliphatic carbocycles. The van der Waals surface area contributed by atoms with Crippen LogP contribution in [-0.2, 0) is 9.84 Å². The maximum Gasteiger partial charge on any atom is 0.180 e. The van der Waals surface area contributed by atoms with E-state index in [-0.39, 0.29) is 16.7 Å². The largest absolute Gasteiger partial charge is 0.486 e. The van der Waals surface area contributed by atoms with Crippen LogP contribution in [0.1, 0.15) is 20.3 Å². The molecule has 21 heavy (non-hydrogen) atoms. The lowest BCUT2D eigenvalue weighted by molar-refractivity contribution is 0.171. The van der Waals surface area contributed by atoms with Crippen molar-refractivity contribution in [3.63, 3.8) is 0 Å². The molecule has 0 radical (unpaired) electrons. The van der Waals surface area contributed by atoms with Crippen LogP contribution in [-0.4, -0.2) is 40.5 Å². The number of hydrogen-bond acceptors (Lipinski definition) is 5. The Hall–Kier alpha value is -1.27. The van der Waals surface area contributed by atoms with Gasteiger partial charge in [-0.25, -0.2) is 8.42 Å². The number of rotatable bonds is 6. The third kappa shape index (κ3) is 3.68. The lowest BCUT2D eigenvalue weighted by atomic mass is 10.0. The van der Waals surface area contributed by atoms with Crippen LogP contribution in [0.15, 0.2) is 23.1 Å². The predicted molar refractivity (Wildman–Crippen MR) is 81.8 cm³/mol. The van der Waals surface area contributed by atoms with Crippen LogP contribution in [0.5, 0.6) is 11.5 Å². The summed E-state index contributed by atoms with van der Waals surface area (Å²) in [4.78, 5) is 0.287. The van der Waals surface area contributed by atoms with Crippen LogP contribution >= 0.6 is 0 Å². The Balaban J connectivity index is 2.23. The van der Waals surface area contributed by atoms with Gasteiger partial charge in [-0.2, -0.15) is 0 Å². The molecule has 0 spiro atoms. The molecule has 0 saturated heterocycles. The van der Waals surface area contributed by atoms with E-state index in [0.717, 1.165) is 6.42 Å². The average Bonchev–Trinajstić information content (AvgIpc) is 2.51. The fourth-order valence-corrected chi connectivity index (χ4v) is 4.09. The monoisotopic (exact) mass is 313 g/mol. The molecule has 0 bridgehead atoms. The minimum Gasteiger partial charge on any atom is -0.486 e. The number of fused-ring (bicyclic) bond motifs is 1. The molecule has 6 heteroatoms. The summed E-state index contributed by atoms with van der Waals surface area (Å²) in [6.07, 6.45) is 0.933. The van der Waals surface area contributed by atoms with Gasteiger partial charge in [-0.05, 0) is 25.1 Å². The molecule has 0 saturated carbocycles. The van der Waals surface area contributed by atoms with E-state index in [0.29, 0.717) is 30.6 Å². The molecule has 1 N–H and O–H groups in total. The normalized spacial score (nSPS) is 17.3. The number of hydrogen-bond donors (Lipinski definition) is 1. The van der Waals surface area contributed by atoms with E-state index >= 15 is 0 Å². The Labute approximate surface area is 126 Å². The quantitative estimate of drug-likeness (QED) is 0.868. The van der Waals surface area contributed by atoms with E-state index < -0.39 is 9.84 Å². The molecule has 5 nitrogen and oxygen atoms in total. The number of ether oxygens (including phenoxy) is 2. The second-order valence-corrected chi connectivity index (χ2v) is 7.40. The summed E-state index contributed by atoms with van der Waals surface area (Å²) >= 11 is 0. The second-order valence-electron chi connectivity index (χ2n) is 5.37. The van der Waals surface area contributed by atoms with Crippen molar-refractivity contribution in [1.82, 2.24) is 5.32 Å². The zero-order valence-electron chi connectivity index (χ0n) is 12.8. The van der Waals surface area contributed by atoms with Gasteiger partial charge in [0.25, 0.3) is 0 Å². The lowest BCUT2D eigenvalue weighted by Gasteiger charge is -2.23. The van der Waals surface area contributed by atoms with Crippen molar-refractivity contribution in [2.75, 3.05) is 26.0 Å². The van der Waals surface area contributed by atoms with Gasteiger partial charge in [-0.1, -0.05) is 20.3 Å². The molecule has 1 aromatic carbocycles. The van der Waals surface area contributed by atoms with Gasteiger partial charge in [0.05, 0.1) is 10.6 Å². The fourth-order valence-electron chi connectivity index (χ4n) is 2.37. The summed E-state index contributed by atoms with van der Waals surface area (Å²) in [5.41, 5.74) is 0. The van der Waals surface area contributed by atoms with E-state index in [2.05, 4.69) is 19.2 Å². The van der Waals surface area contributed by atoms with Crippen molar-refractivity contribution in [3.8, 4) is 11.5 Å². The Morgan fingerprint density at radius 1 is 1.24 bits per heavy atom. The highest BCUT2D eigenvalue weighted by Gasteiger charge is 2.25. The summed E-state index contributed by atoms with van der Waals surface area (Å²) in [7, 11) is -1.56. The average molecular weight is 313 g/mol. The standard InChI is InChI=1S/C15H23NO4S/c1-4-11(2)13(16-3)10-21(17,18)12-5-6-14-15(9-12)20-8-7-19-14/h5-6,9,11,13,16H,4,7-8,10H2,1-3H3. The molecule has 2 atom stereocenters. The van der Waals surface area contributed by atoms with Crippen LogP contribution in [0.25, 0.3) is 0 Å². The number of sulfone groups is 1. The van der Waals surface area contributed by atoms with Crippen LogP contribution in [0.2, 0.25) is 0 Å². The first-order valence-electron chi connectivity index (χ1n) is 7.27. The van der Waals surface area contributed by atoms with Crippen LogP contribution < -0.4 is 14.8 Å². The molecule has 0 aromatic heterocycles. The summed E-state index contributed by atoms with van der Waals surface area (Å²) in [5.74, 6) is 1.49. The zero-order valence-corrected chi connectivity index (χ0v) is 13.6. The Bertz CT molecular complexity index is 585. The Morgan fingerprint density at radius 2 is 1.90 bits per heavy atom. The SMILES string of the molecule is CCC(C)C(CS(=O)(=O)c1ccc2c(c1)OCCO2)NC. The molecule has 1 aliphatic rings. The lowest BCUT2D eigenvalue weighted by Crippen LogP contribution is -2.38. The van der Waals surface area contributed by atoms with Crippen molar-refractivity contribution in [2.24, 2.45) is 5.92 Å². The summed E-state index contributed by atoms with van der Waals surface area (Å²) in [6.45, 7) is 5.06. The van der Waals surface area contributed by atoms with Crippen molar-refractivity contribution in [3.05, 3.63) is 18.2 Å². The van der Waals surface area contributed by atoms with E-state index in [4.69, 9.17) is 9.47 Å². The zero-order chi connectivity index (χ0) is 15.5. The minimum absolute atomic E-state index is 0.0619. The molecule has 2 rings (SSSR count). The summed E-state index contributed by atoms with van der Waals surface area (Å²) in [5, 5.41) is 3.11. The maximum absolute atomic E-state index is 12.6. The smallest absolute Gasteiger partial charge is 0.180 e. The molecule has 2 unspecified atom stereocenters. The molecule has 0 amide bonds. The molecule has 118 valence electrons. The number of nitrogens with one attached hydrogen (secondary N) is 1.